The molecule has 2 aliphatic heterocycles. The van der Waals surface area contributed by atoms with Crippen molar-refractivity contribution in [1.29, 1.82) is 0 Å². The summed E-state index contributed by atoms with van der Waals surface area (Å²) in [6.45, 7) is 2.80. The highest BCUT2D eigenvalue weighted by atomic mass is 16.2. The number of hydrogen-bond donors (Lipinski definition) is 2. The van der Waals surface area contributed by atoms with Crippen LogP contribution < -0.4 is 10.2 Å². The van der Waals surface area contributed by atoms with Gasteiger partial charge in [-0.2, -0.15) is 5.10 Å². The fraction of sp³-hybridized carbons (Fsp3) is 0.421. The number of amides is 4. The van der Waals surface area contributed by atoms with Gasteiger partial charge in [-0.15, -0.1) is 0 Å². The van der Waals surface area contributed by atoms with Crippen LogP contribution in [0, 0.1) is 0 Å². The molecule has 2 aromatic rings. The van der Waals surface area contributed by atoms with Crippen molar-refractivity contribution in [3.05, 3.63) is 42.2 Å². The van der Waals surface area contributed by atoms with Gasteiger partial charge in [-0.3, -0.25) is 10.00 Å². The summed E-state index contributed by atoms with van der Waals surface area (Å²) in [6.07, 6.45) is 3.61. The van der Waals surface area contributed by atoms with Gasteiger partial charge in [0.05, 0.1) is 0 Å². The summed E-state index contributed by atoms with van der Waals surface area (Å²) in [6, 6.07) is 9.35. The summed E-state index contributed by atoms with van der Waals surface area (Å²) >= 11 is 0. The topological polar surface area (TPSA) is 84.6 Å². The molecule has 2 aliphatic rings. The van der Waals surface area contributed by atoms with E-state index in [1.807, 2.05) is 35.2 Å². The quantitative estimate of drug-likeness (QED) is 0.874. The van der Waals surface area contributed by atoms with Gasteiger partial charge in [-0.05, 0) is 37.1 Å². The molecule has 0 unspecified atom stereocenters. The highest BCUT2D eigenvalue weighted by molar-refractivity contribution is 5.95. The lowest BCUT2D eigenvalue weighted by atomic mass is 9.94. The summed E-state index contributed by atoms with van der Waals surface area (Å²) < 4.78 is 0. The van der Waals surface area contributed by atoms with E-state index in [1.54, 1.807) is 23.0 Å². The van der Waals surface area contributed by atoms with E-state index in [1.165, 1.54) is 0 Å². The Hall–Kier alpha value is -3.03. The first kappa shape index (κ1) is 17.4. The minimum atomic E-state index is -0.0972. The molecule has 0 bridgehead atoms. The van der Waals surface area contributed by atoms with Crippen molar-refractivity contribution in [1.82, 2.24) is 20.0 Å². The Morgan fingerprint density at radius 3 is 2.67 bits per heavy atom. The maximum absolute atomic E-state index is 12.6. The molecule has 4 rings (SSSR count). The van der Waals surface area contributed by atoms with Crippen LogP contribution in [-0.4, -0.2) is 65.3 Å². The number of aromatic nitrogens is 2. The van der Waals surface area contributed by atoms with Crippen molar-refractivity contribution < 1.29 is 9.59 Å². The van der Waals surface area contributed by atoms with Gasteiger partial charge >= 0.3 is 12.1 Å². The number of H-pyrrole nitrogens is 1. The lowest BCUT2D eigenvalue weighted by Gasteiger charge is -2.31. The maximum Gasteiger partial charge on any atom is 0.324 e. The number of aromatic amines is 1. The van der Waals surface area contributed by atoms with Crippen molar-refractivity contribution in [2.24, 2.45) is 0 Å². The number of urea groups is 2. The minimum Gasteiger partial charge on any atom is -0.326 e. The zero-order valence-corrected chi connectivity index (χ0v) is 15.4. The number of carbonyl (C=O) groups excluding carboxylic acids is 2. The number of likely N-dealkylation sites (N-methyl/N-ethyl adjacent to an activating group) is 1. The second kappa shape index (κ2) is 7.30. The van der Waals surface area contributed by atoms with Crippen LogP contribution in [0.2, 0.25) is 0 Å². The summed E-state index contributed by atoms with van der Waals surface area (Å²) in [7, 11) is 1.79. The predicted octanol–water partition coefficient (Wildman–Crippen LogP) is 2.69. The molecule has 0 radical (unpaired) electrons. The van der Waals surface area contributed by atoms with E-state index < -0.39 is 0 Å². The number of carbonyl (C=O) groups is 2. The van der Waals surface area contributed by atoms with Crippen LogP contribution >= 0.6 is 0 Å². The molecule has 3 heterocycles. The molecule has 8 nitrogen and oxygen atoms in total. The van der Waals surface area contributed by atoms with E-state index in [0.29, 0.717) is 37.8 Å². The number of nitrogens with zero attached hydrogens (tertiary/aromatic N) is 4. The van der Waals surface area contributed by atoms with Crippen LogP contribution in [0.15, 0.2) is 36.5 Å². The zero-order chi connectivity index (χ0) is 18.8. The molecule has 2 N–H and O–H groups in total. The van der Waals surface area contributed by atoms with Crippen molar-refractivity contribution in [2.45, 2.75) is 18.8 Å². The Balaban J connectivity index is 1.36. The molecule has 4 amide bonds. The van der Waals surface area contributed by atoms with Gasteiger partial charge in [0, 0.05) is 62.4 Å². The first-order valence-electron chi connectivity index (χ1n) is 9.30. The maximum atomic E-state index is 12.6. The fourth-order valence-electron chi connectivity index (χ4n) is 3.73. The van der Waals surface area contributed by atoms with Crippen molar-refractivity contribution in [3.8, 4) is 0 Å². The van der Waals surface area contributed by atoms with Gasteiger partial charge in [-0.25, -0.2) is 9.59 Å². The van der Waals surface area contributed by atoms with Crippen LogP contribution in [0.25, 0.3) is 0 Å². The Labute approximate surface area is 158 Å². The van der Waals surface area contributed by atoms with E-state index in [4.69, 9.17) is 0 Å². The molecular formula is C19H24N6O2. The molecular weight excluding hydrogens is 344 g/mol. The normalized spacial score (nSPS) is 18.3. The molecule has 0 atom stereocenters. The van der Waals surface area contributed by atoms with E-state index in [9.17, 15) is 9.59 Å². The van der Waals surface area contributed by atoms with Crippen LogP contribution in [0.4, 0.5) is 21.0 Å². The van der Waals surface area contributed by atoms with Crippen LogP contribution in [0.1, 0.15) is 24.5 Å². The Morgan fingerprint density at radius 2 is 2.00 bits per heavy atom. The first-order chi connectivity index (χ1) is 13.1. The summed E-state index contributed by atoms with van der Waals surface area (Å²) in [4.78, 5) is 30.0. The highest BCUT2D eigenvalue weighted by Gasteiger charge is 2.27. The molecule has 1 aromatic heterocycles. The van der Waals surface area contributed by atoms with E-state index >= 15 is 0 Å². The number of anilines is 2. The number of rotatable bonds is 3. The van der Waals surface area contributed by atoms with Gasteiger partial charge in [-0.1, -0.05) is 6.07 Å². The number of likely N-dealkylation sites (tertiary alicyclic amines) is 1. The minimum absolute atomic E-state index is 0.0145. The molecule has 0 aliphatic carbocycles. The first-order valence-corrected chi connectivity index (χ1v) is 9.30. The van der Waals surface area contributed by atoms with E-state index in [0.717, 1.165) is 24.2 Å². The van der Waals surface area contributed by atoms with Crippen LogP contribution in [0.5, 0.6) is 0 Å². The number of piperidine rings is 1. The smallest absolute Gasteiger partial charge is 0.324 e. The van der Waals surface area contributed by atoms with Crippen LogP contribution in [-0.2, 0) is 0 Å². The molecule has 2 fully saturated rings. The SMILES string of the molecule is CN1CCN(c2cccc(NC(=O)N3CCC(c4ccn[nH]4)CC3)c2)C1=O. The van der Waals surface area contributed by atoms with E-state index in [-0.39, 0.29) is 12.1 Å². The summed E-state index contributed by atoms with van der Waals surface area (Å²) in [5.41, 5.74) is 2.65. The third-order valence-electron chi connectivity index (χ3n) is 5.37. The number of hydrogen-bond acceptors (Lipinski definition) is 3. The van der Waals surface area contributed by atoms with Gasteiger partial charge < -0.3 is 15.1 Å². The molecule has 142 valence electrons. The number of benzene rings is 1. The molecule has 0 saturated carbocycles. The van der Waals surface area contributed by atoms with E-state index in [2.05, 4.69) is 15.5 Å². The average molecular weight is 368 g/mol. The van der Waals surface area contributed by atoms with Gasteiger partial charge in [0.2, 0.25) is 0 Å². The third-order valence-corrected chi connectivity index (χ3v) is 5.37. The second-order valence-electron chi connectivity index (χ2n) is 7.11. The summed E-state index contributed by atoms with van der Waals surface area (Å²) in [5, 5.41) is 10.0. The molecule has 2 saturated heterocycles. The standard InChI is InChI=1S/C19H24N6O2/c1-23-11-12-25(19(23)27)16-4-2-3-15(13-16)21-18(26)24-9-6-14(7-10-24)17-5-8-20-22-17/h2-5,8,13-14H,6-7,9-12H2,1H3,(H,20,22)(H,21,26). The lowest BCUT2D eigenvalue weighted by Crippen LogP contribution is -2.40. The van der Waals surface area contributed by atoms with Gasteiger partial charge in [0.15, 0.2) is 0 Å². The Bertz CT molecular complexity index is 813. The van der Waals surface area contributed by atoms with Crippen LogP contribution in [0.3, 0.4) is 0 Å². The monoisotopic (exact) mass is 368 g/mol. The van der Waals surface area contributed by atoms with Crippen molar-refractivity contribution in [3.63, 3.8) is 0 Å². The van der Waals surface area contributed by atoms with Gasteiger partial charge in [0.25, 0.3) is 0 Å². The third kappa shape index (κ3) is 3.60. The highest BCUT2D eigenvalue weighted by Crippen LogP contribution is 2.27. The fourth-order valence-corrected chi connectivity index (χ4v) is 3.73. The second-order valence-corrected chi connectivity index (χ2v) is 7.11. The largest absolute Gasteiger partial charge is 0.326 e. The van der Waals surface area contributed by atoms with Crippen molar-refractivity contribution in [2.75, 3.05) is 43.4 Å². The average Bonchev–Trinajstić information content (AvgIpc) is 3.33. The predicted molar refractivity (Wildman–Crippen MR) is 103 cm³/mol. The zero-order valence-electron chi connectivity index (χ0n) is 15.4. The molecule has 27 heavy (non-hydrogen) atoms. The molecule has 1 aromatic carbocycles. The lowest BCUT2D eigenvalue weighted by molar-refractivity contribution is 0.194. The molecule has 8 heteroatoms. The Kier molecular flexibility index (Phi) is 4.70. The number of nitrogens with one attached hydrogen (secondary N) is 2. The van der Waals surface area contributed by atoms with Gasteiger partial charge in [0.1, 0.15) is 0 Å². The Morgan fingerprint density at radius 1 is 1.19 bits per heavy atom. The summed E-state index contributed by atoms with van der Waals surface area (Å²) in [5.74, 6) is 0.429. The molecule has 0 spiro atoms. The van der Waals surface area contributed by atoms with Crippen molar-refractivity contribution >= 4 is 23.4 Å².